The van der Waals surface area contributed by atoms with Crippen molar-refractivity contribution in [2.45, 2.75) is 44.3 Å². The summed E-state index contributed by atoms with van der Waals surface area (Å²) < 4.78 is 10.8. The Bertz CT molecular complexity index is 1330. The summed E-state index contributed by atoms with van der Waals surface area (Å²) in [5, 5.41) is 6.31. The zero-order valence-electron chi connectivity index (χ0n) is 19.7. The van der Waals surface area contributed by atoms with Gasteiger partial charge in [-0.3, -0.25) is 29.4 Å². The number of aryl methyl sites for hydroxylation is 1. The SMILES string of the molecule is CCc1cccc2c1NC(=O)[C@]21N[C@H](CCC(N)=O)[C@H]2C(=O)N(Cc3ccc4c(c3)OCO4)C(=O)[C@H]21. The third-order valence-electron chi connectivity index (χ3n) is 7.79. The van der Waals surface area contributed by atoms with Gasteiger partial charge in [0, 0.05) is 23.7 Å². The second-order valence-corrected chi connectivity index (χ2v) is 9.66. The van der Waals surface area contributed by atoms with Crippen LogP contribution in [0, 0.1) is 11.8 Å². The van der Waals surface area contributed by atoms with E-state index in [0.29, 0.717) is 34.7 Å². The van der Waals surface area contributed by atoms with Gasteiger partial charge < -0.3 is 20.5 Å². The van der Waals surface area contributed by atoms with E-state index in [-0.39, 0.29) is 38.0 Å². The topological polar surface area (TPSA) is 140 Å². The van der Waals surface area contributed by atoms with Crippen LogP contribution in [0.15, 0.2) is 36.4 Å². The Morgan fingerprint density at radius 1 is 1.14 bits per heavy atom. The average Bonchev–Trinajstić information content (AvgIpc) is 3.59. The van der Waals surface area contributed by atoms with Gasteiger partial charge in [0.1, 0.15) is 5.54 Å². The molecule has 0 unspecified atom stereocenters. The molecule has 0 radical (unpaired) electrons. The number of amides is 4. The molecule has 0 aromatic heterocycles. The molecule has 2 aromatic carbocycles. The van der Waals surface area contributed by atoms with Crippen molar-refractivity contribution >= 4 is 29.3 Å². The number of nitrogens with one attached hydrogen (secondary N) is 2. The summed E-state index contributed by atoms with van der Waals surface area (Å²) in [6.45, 7) is 2.16. The van der Waals surface area contributed by atoms with Gasteiger partial charge in [-0.2, -0.15) is 0 Å². The first-order valence-corrected chi connectivity index (χ1v) is 12.1. The molecule has 36 heavy (non-hydrogen) atoms. The molecule has 186 valence electrons. The number of benzene rings is 2. The summed E-state index contributed by atoms with van der Waals surface area (Å²) in [4.78, 5) is 54.1. The minimum Gasteiger partial charge on any atom is -0.454 e. The molecule has 4 atom stereocenters. The Labute approximate surface area is 207 Å². The first-order chi connectivity index (χ1) is 17.3. The summed E-state index contributed by atoms with van der Waals surface area (Å²) in [6, 6.07) is 10.3. The second kappa shape index (κ2) is 8.06. The van der Waals surface area contributed by atoms with Gasteiger partial charge in [-0.05, 0) is 36.1 Å². The van der Waals surface area contributed by atoms with Gasteiger partial charge in [0.05, 0.1) is 18.4 Å². The molecule has 4 N–H and O–H groups in total. The van der Waals surface area contributed by atoms with Crippen LogP contribution >= 0.6 is 0 Å². The van der Waals surface area contributed by atoms with E-state index >= 15 is 0 Å². The average molecular weight is 491 g/mol. The number of hydrogen-bond donors (Lipinski definition) is 3. The highest BCUT2D eigenvalue weighted by molar-refractivity contribution is 6.15. The van der Waals surface area contributed by atoms with Crippen LogP contribution in [0.2, 0.25) is 0 Å². The Balaban J connectivity index is 1.41. The quantitative estimate of drug-likeness (QED) is 0.516. The maximum Gasteiger partial charge on any atom is 0.250 e. The van der Waals surface area contributed by atoms with Crippen molar-refractivity contribution < 1.29 is 28.7 Å². The molecule has 2 fully saturated rings. The van der Waals surface area contributed by atoms with Crippen LogP contribution in [0.4, 0.5) is 5.69 Å². The van der Waals surface area contributed by atoms with Crippen LogP contribution in [0.3, 0.4) is 0 Å². The van der Waals surface area contributed by atoms with E-state index in [2.05, 4.69) is 10.6 Å². The third-order valence-corrected chi connectivity index (χ3v) is 7.79. The number of anilines is 1. The fraction of sp³-hybridized carbons (Fsp3) is 0.385. The van der Waals surface area contributed by atoms with E-state index in [1.165, 1.54) is 4.90 Å². The minimum atomic E-state index is -1.40. The first-order valence-electron chi connectivity index (χ1n) is 12.1. The molecule has 6 rings (SSSR count). The van der Waals surface area contributed by atoms with E-state index in [9.17, 15) is 19.2 Å². The molecule has 4 aliphatic rings. The highest BCUT2D eigenvalue weighted by atomic mass is 16.7. The van der Waals surface area contributed by atoms with Crippen molar-refractivity contribution in [2.24, 2.45) is 17.6 Å². The third kappa shape index (κ3) is 3.07. The maximum atomic E-state index is 13.9. The molecular formula is C26H26N4O6. The smallest absolute Gasteiger partial charge is 0.250 e. The number of fused-ring (bicyclic) bond motifs is 5. The summed E-state index contributed by atoms with van der Waals surface area (Å²) >= 11 is 0. The van der Waals surface area contributed by atoms with Crippen molar-refractivity contribution in [2.75, 3.05) is 12.1 Å². The highest BCUT2D eigenvalue weighted by Gasteiger charge is 2.70. The largest absolute Gasteiger partial charge is 0.454 e. The van der Waals surface area contributed by atoms with Crippen molar-refractivity contribution in [1.29, 1.82) is 0 Å². The molecule has 4 aliphatic heterocycles. The van der Waals surface area contributed by atoms with Crippen LogP contribution in [0.25, 0.3) is 0 Å². The van der Waals surface area contributed by atoms with Crippen molar-refractivity contribution in [3.05, 3.63) is 53.1 Å². The molecule has 0 saturated carbocycles. The Kier molecular flexibility index (Phi) is 5.04. The van der Waals surface area contributed by atoms with Crippen LogP contribution in [0.1, 0.15) is 36.5 Å². The number of likely N-dealkylation sites (tertiary alicyclic amines) is 1. The number of nitrogens with zero attached hydrogens (tertiary/aromatic N) is 1. The summed E-state index contributed by atoms with van der Waals surface area (Å²) in [6.07, 6.45) is 0.969. The molecule has 0 bridgehead atoms. The molecule has 2 saturated heterocycles. The normalized spacial score (nSPS) is 27.5. The van der Waals surface area contributed by atoms with Crippen LogP contribution in [-0.2, 0) is 37.7 Å². The summed E-state index contributed by atoms with van der Waals surface area (Å²) in [5.74, 6) is -2.22. The van der Waals surface area contributed by atoms with Gasteiger partial charge in [0.15, 0.2) is 11.5 Å². The molecule has 4 heterocycles. The predicted molar refractivity (Wildman–Crippen MR) is 127 cm³/mol. The first kappa shape index (κ1) is 22.5. The molecule has 1 spiro atoms. The van der Waals surface area contributed by atoms with Gasteiger partial charge in [0.25, 0.3) is 0 Å². The monoisotopic (exact) mass is 490 g/mol. The number of rotatable bonds is 6. The molecule has 10 nitrogen and oxygen atoms in total. The Morgan fingerprint density at radius 3 is 2.72 bits per heavy atom. The van der Waals surface area contributed by atoms with E-state index in [1.54, 1.807) is 18.2 Å². The lowest BCUT2D eigenvalue weighted by Crippen LogP contribution is -2.53. The Morgan fingerprint density at radius 2 is 1.94 bits per heavy atom. The maximum absolute atomic E-state index is 13.9. The standard InChI is InChI=1S/C26H26N4O6/c1-2-14-4-3-5-15-22(14)28-25(34)26(15)21-20(16(29-26)7-9-19(27)31)23(32)30(24(21)33)11-13-6-8-17-18(10-13)36-12-35-17/h3-6,8,10,16,20-21,29H,2,7,9,11-12H2,1H3,(H2,27,31)(H,28,34)/t16-,20-,21+,26+/m1/s1. The number of para-hydroxylation sites is 1. The lowest BCUT2D eigenvalue weighted by molar-refractivity contribution is -0.143. The highest BCUT2D eigenvalue weighted by Crippen LogP contribution is 2.54. The van der Waals surface area contributed by atoms with Gasteiger partial charge >= 0.3 is 0 Å². The van der Waals surface area contributed by atoms with Crippen molar-refractivity contribution in [1.82, 2.24) is 10.2 Å². The zero-order chi connectivity index (χ0) is 25.2. The van der Waals surface area contributed by atoms with Gasteiger partial charge in [-0.25, -0.2) is 0 Å². The summed E-state index contributed by atoms with van der Waals surface area (Å²) in [7, 11) is 0. The van der Waals surface area contributed by atoms with E-state index in [1.807, 2.05) is 25.1 Å². The molecule has 0 aliphatic carbocycles. The van der Waals surface area contributed by atoms with Crippen LogP contribution in [-0.4, -0.2) is 41.4 Å². The fourth-order valence-corrected chi connectivity index (χ4v) is 6.17. The minimum absolute atomic E-state index is 0.0318. The van der Waals surface area contributed by atoms with Crippen LogP contribution < -0.4 is 25.8 Å². The molecule has 10 heteroatoms. The van der Waals surface area contributed by atoms with Gasteiger partial charge in [-0.15, -0.1) is 0 Å². The summed E-state index contributed by atoms with van der Waals surface area (Å²) in [5.41, 5.74) is 7.00. The van der Waals surface area contributed by atoms with E-state index in [0.717, 1.165) is 5.56 Å². The van der Waals surface area contributed by atoms with Crippen LogP contribution in [0.5, 0.6) is 11.5 Å². The molecular weight excluding hydrogens is 464 g/mol. The molecule has 2 aromatic rings. The number of carbonyl (C=O) groups excluding carboxylic acids is 4. The lowest BCUT2D eigenvalue weighted by atomic mass is 9.76. The van der Waals surface area contributed by atoms with Gasteiger partial charge in [-0.1, -0.05) is 31.2 Å². The number of nitrogens with two attached hydrogens (primary N) is 1. The predicted octanol–water partition coefficient (Wildman–Crippen LogP) is 1.16. The van der Waals surface area contributed by atoms with E-state index < -0.39 is 35.2 Å². The number of primary amides is 1. The number of ether oxygens (including phenoxy) is 2. The second-order valence-electron chi connectivity index (χ2n) is 9.66. The number of imide groups is 1. The van der Waals surface area contributed by atoms with Crippen molar-refractivity contribution in [3.8, 4) is 11.5 Å². The van der Waals surface area contributed by atoms with Crippen molar-refractivity contribution in [3.63, 3.8) is 0 Å². The zero-order valence-corrected chi connectivity index (χ0v) is 19.7. The number of carbonyl (C=O) groups is 4. The number of hydrogen-bond acceptors (Lipinski definition) is 7. The Hall–Kier alpha value is -3.92. The van der Waals surface area contributed by atoms with E-state index in [4.69, 9.17) is 15.2 Å². The fourth-order valence-electron chi connectivity index (χ4n) is 6.17. The molecule has 4 amide bonds. The lowest BCUT2D eigenvalue weighted by Gasteiger charge is -2.29. The van der Waals surface area contributed by atoms with Gasteiger partial charge in [0.2, 0.25) is 30.4 Å².